The SMILES string of the molecule is c1ccc(-c2nc(-c3ccc(-c4nccc5c4sc4ccc(-n6c7ccccc7c7ccccc76)cc45)cc3)nc(-c3cccc4ccccc34)n2)cc1. The standard InChI is InChI=1S/C48H29N5S/c1-2-12-32(13-3-1)46-50-47(52-48(51-46)39-18-10-14-30-11-4-5-15-35(30)39)33-23-21-31(22-24-33)44-45-38(27-28-49-44)40-29-34(25-26-43(40)54-45)53-41-19-8-6-16-36(41)37-17-7-9-20-42(37)53/h1-29H. The summed E-state index contributed by atoms with van der Waals surface area (Å²) in [5.41, 5.74) is 8.42. The third-order valence-corrected chi connectivity index (χ3v) is 11.5. The molecule has 0 unspecified atom stereocenters. The summed E-state index contributed by atoms with van der Waals surface area (Å²) in [6.45, 7) is 0. The van der Waals surface area contributed by atoms with Crippen LogP contribution in [0.4, 0.5) is 0 Å². The van der Waals surface area contributed by atoms with Gasteiger partial charge in [0.25, 0.3) is 0 Å². The lowest BCUT2D eigenvalue weighted by Crippen LogP contribution is -2.00. The molecule has 0 spiro atoms. The van der Waals surface area contributed by atoms with Gasteiger partial charge in [-0.1, -0.05) is 133 Å². The predicted octanol–water partition coefficient (Wildman–Crippen LogP) is 12.6. The van der Waals surface area contributed by atoms with Crippen LogP contribution in [0.3, 0.4) is 0 Å². The van der Waals surface area contributed by atoms with E-state index in [2.05, 4.69) is 144 Å². The van der Waals surface area contributed by atoms with Gasteiger partial charge < -0.3 is 4.57 Å². The van der Waals surface area contributed by atoms with Crippen molar-refractivity contribution in [2.45, 2.75) is 0 Å². The van der Waals surface area contributed by atoms with E-state index in [4.69, 9.17) is 19.9 Å². The van der Waals surface area contributed by atoms with Crippen molar-refractivity contribution in [3.63, 3.8) is 0 Å². The van der Waals surface area contributed by atoms with Gasteiger partial charge in [-0.25, -0.2) is 15.0 Å². The molecule has 11 aromatic rings. The third-order valence-electron chi connectivity index (χ3n) is 10.3. The summed E-state index contributed by atoms with van der Waals surface area (Å²) in [7, 11) is 0. The van der Waals surface area contributed by atoms with Gasteiger partial charge in [0.05, 0.1) is 21.4 Å². The fourth-order valence-corrected chi connectivity index (χ4v) is 8.97. The normalized spacial score (nSPS) is 11.7. The summed E-state index contributed by atoms with van der Waals surface area (Å²) in [5.74, 6) is 1.92. The van der Waals surface area contributed by atoms with Gasteiger partial charge in [0.2, 0.25) is 0 Å². The molecule has 0 bridgehead atoms. The molecule has 0 aliphatic carbocycles. The van der Waals surface area contributed by atoms with Crippen LogP contribution >= 0.6 is 11.3 Å². The van der Waals surface area contributed by atoms with E-state index in [1.807, 2.05) is 36.5 Å². The number of pyridine rings is 1. The molecule has 0 radical (unpaired) electrons. The van der Waals surface area contributed by atoms with Crippen molar-refractivity contribution in [2.24, 2.45) is 0 Å². The first-order valence-electron chi connectivity index (χ1n) is 18.0. The highest BCUT2D eigenvalue weighted by atomic mass is 32.1. The highest BCUT2D eigenvalue weighted by molar-refractivity contribution is 7.26. The molecule has 5 nitrogen and oxygen atoms in total. The second kappa shape index (κ2) is 12.3. The van der Waals surface area contributed by atoms with E-state index in [-0.39, 0.29) is 0 Å². The summed E-state index contributed by atoms with van der Waals surface area (Å²) in [6.07, 6.45) is 1.93. The number of hydrogen-bond acceptors (Lipinski definition) is 5. The van der Waals surface area contributed by atoms with E-state index in [0.717, 1.165) is 44.4 Å². The molecule has 0 N–H and O–H groups in total. The number of benzene rings is 7. The van der Waals surface area contributed by atoms with Gasteiger partial charge in [-0.2, -0.15) is 0 Å². The van der Waals surface area contributed by atoms with Crippen LogP contribution in [0.25, 0.3) is 104 Å². The molecule has 11 rings (SSSR count). The smallest absolute Gasteiger partial charge is 0.164 e. The Kier molecular flexibility index (Phi) is 6.97. The number of aromatic nitrogens is 5. The van der Waals surface area contributed by atoms with Crippen molar-refractivity contribution >= 4 is 64.1 Å². The minimum atomic E-state index is 0.629. The van der Waals surface area contributed by atoms with Crippen molar-refractivity contribution in [1.29, 1.82) is 0 Å². The number of thiophene rings is 1. The van der Waals surface area contributed by atoms with E-state index < -0.39 is 0 Å². The van der Waals surface area contributed by atoms with Crippen LogP contribution in [-0.2, 0) is 0 Å². The summed E-state index contributed by atoms with van der Waals surface area (Å²) in [6, 6.07) is 59.5. The molecule has 0 fully saturated rings. The van der Waals surface area contributed by atoms with Crippen LogP contribution in [0.5, 0.6) is 0 Å². The van der Waals surface area contributed by atoms with Crippen molar-refractivity contribution in [3.05, 3.63) is 176 Å². The van der Waals surface area contributed by atoms with E-state index in [1.165, 1.54) is 42.0 Å². The van der Waals surface area contributed by atoms with Gasteiger partial charge >= 0.3 is 0 Å². The van der Waals surface area contributed by atoms with Crippen LogP contribution in [0.2, 0.25) is 0 Å². The Labute approximate surface area is 314 Å². The van der Waals surface area contributed by atoms with E-state index >= 15 is 0 Å². The van der Waals surface area contributed by atoms with Crippen molar-refractivity contribution in [3.8, 4) is 51.1 Å². The molecular formula is C48H29N5S. The monoisotopic (exact) mass is 707 g/mol. The zero-order chi connectivity index (χ0) is 35.6. The average molecular weight is 708 g/mol. The fraction of sp³-hybridized carbons (Fsp3) is 0. The quantitative estimate of drug-likeness (QED) is 0.179. The first-order chi connectivity index (χ1) is 26.8. The largest absolute Gasteiger partial charge is 0.309 e. The Morgan fingerprint density at radius 1 is 0.426 bits per heavy atom. The minimum absolute atomic E-state index is 0.629. The van der Waals surface area contributed by atoms with Crippen LogP contribution in [0.1, 0.15) is 0 Å². The summed E-state index contributed by atoms with van der Waals surface area (Å²) < 4.78 is 4.79. The van der Waals surface area contributed by atoms with Crippen LogP contribution in [-0.4, -0.2) is 24.5 Å². The van der Waals surface area contributed by atoms with Gasteiger partial charge in [0, 0.05) is 60.4 Å². The Hall–Kier alpha value is -7.02. The Morgan fingerprint density at radius 3 is 1.80 bits per heavy atom. The maximum atomic E-state index is 5.06. The lowest BCUT2D eigenvalue weighted by atomic mass is 10.0. The van der Waals surface area contributed by atoms with Gasteiger partial charge in [-0.3, -0.25) is 4.98 Å². The highest BCUT2D eigenvalue weighted by Crippen LogP contribution is 2.41. The third kappa shape index (κ3) is 4.92. The van der Waals surface area contributed by atoms with Gasteiger partial charge in [0.15, 0.2) is 17.5 Å². The van der Waals surface area contributed by atoms with E-state index in [0.29, 0.717) is 17.5 Å². The van der Waals surface area contributed by atoms with Crippen molar-refractivity contribution in [2.75, 3.05) is 0 Å². The molecule has 0 saturated carbocycles. The highest BCUT2D eigenvalue weighted by Gasteiger charge is 2.17. The molecular weight excluding hydrogens is 679 g/mol. The molecule has 6 heteroatoms. The number of para-hydroxylation sites is 2. The topological polar surface area (TPSA) is 56.5 Å². The number of hydrogen-bond donors (Lipinski definition) is 0. The first-order valence-corrected chi connectivity index (χ1v) is 18.8. The van der Waals surface area contributed by atoms with Crippen molar-refractivity contribution < 1.29 is 0 Å². The maximum absolute atomic E-state index is 5.06. The van der Waals surface area contributed by atoms with Crippen LogP contribution < -0.4 is 0 Å². The van der Waals surface area contributed by atoms with E-state index in [9.17, 15) is 0 Å². The zero-order valence-corrected chi connectivity index (χ0v) is 29.7. The molecule has 252 valence electrons. The van der Waals surface area contributed by atoms with Gasteiger partial charge in [0.1, 0.15) is 0 Å². The summed E-state index contributed by atoms with van der Waals surface area (Å²) in [5, 5.41) is 7.21. The molecule has 4 heterocycles. The predicted molar refractivity (Wildman–Crippen MR) is 224 cm³/mol. The molecule has 4 aromatic heterocycles. The Bertz CT molecular complexity index is 3160. The number of rotatable bonds is 5. The Morgan fingerprint density at radius 2 is 1.04 bits per heavy atom. The molecule has 0 amide bonds. The fourth-order valence-electron chi connectivity index (χ4n) is 7.78. The molecule has 0 aliphatic rings. The average Bonchev–Trinajstić information content (AvgIpc) is 3.79. The molecule has 54 heavy (non-hydrogen) atoms. The number of nitrogens with zero attached hydrogens (tertiary/aromatic N) is 5. The van der Waals surface area contributed by atoms with E-state index in [1.54, 1.807) is 11.3 Å². The summed E-state index contributed by atoms with van der Waals surface area (Å²) in [4.78, 5) is 20.0. The maximum Gasteiger partial charge on any atom is 0.164 e. The van der Waals surface area contributed by atoms with Crippen LogP contribution in [0, 0.1) is 0 Å². The molecule has 0 aliphatic heterocycles. The lowest BCUT2D eigenvalue weighted by Gasteiger charge is -2.10. The second-order valence-electron chi connectivity index (χ2n) is 13.5. The van der Waals surface area contributed by atoms with Gasteiger partial charge in [-0.05, 0) is 47.2 Å². The van der Waals surface area contributed by atoms with Crippen molar-refractivity contribution in [1.82, 2.24) is 24.5 Å². The van der Waals surface area contributed by atoms with Crippen LogP contribution in [0.15, 0.2) is 176 Å². The molecule has 0 atom stereocenters. The lowest BCUT2D eigenvalue weighted by molar-refractivity contribution is 1.08. The molecule has 0 saturated heterocycles. The van der Waals surface area contributed by atoms with Gasteiger partial charge in [-0.15, -0.1) is 11.3 Å². The Balaban J connectivity index is 1.01. The summed E-state index contributed by atoms with van der Waals surface area (Å²) >= 11 is 1.79. The molecule has 7 aromatic carbocycles. The second-order valence-corrected chi connectivity index (χ2v) is 14.5. The number of fused-ring (bicyclic) bond motifs is 7. The first kappa shape index (κ1) is 30.6. The minimum Gasteiger partial charge on any atom is -0.309 e. The zero-order valence-electron chi connectivity index (χ0n) is 28.9.